The van der Waals surface area contributed by atoms with Crippen molar-refractivity contribution < 1.29 is 14.3 Å². The Kier molecular flexibility index (Phi) is 3.77. The minimum atomic E-state index is 0.145. The van der Waals surface area contributed by atoms with Gasteiger partial charge in [-0.15, -0.1) is 0 Å². The number of aryl methyl sites for hydroxylation is 1. The van der Waals surface area contributed by atoms with Gasteiger partial charge in [0, 0.05) is 18.6 Å². The Balaban J connectivity index is 2.24. The largest absolute Gasteiger partial charge is 0.496 e. The molecule has 1 aromatic heterocycles. The number of hydrogen-bond donors (Lipinski definition) is 1. The number of oxazole rings is 1. The first-order chi connectivity index (χ1) is 8.35. The van der Waals surface area contributed by atoms with E-state index < -0.39 is 0 Å². The standard InChI is InChI=1S/C13H15NO3/c1-16-12-6-3-2-5-10(12)11-9-17-13(14-11)7-4-8-15/h2-3,5-6,9,15H,4,7-8H2,1H3. The van der Waals surface area contributed by atoms with Crippen molar-refractivity contribution in [2.24, 2.45) is 0 Å². The van der Waals surface area contributed by atoms with Crippen LogP contribution >= 0.6 is 0 Å². The van der Waals surface area contributed by atoms with Crippen LogP contribution in [0, 0.1) is 0 Å². The molecule has 1 heterocycles. The Morgan fingerprint density at radius 2 is 2.18 bits per heavy atom. The number of methoxy groups -OCH3 is 1. The second kappa shape index (κ2) is 5.50. The monoisotopic (exact) mass is 233 g/mol. The van der Waals surface area contributed by atoms with Gasteiger partial charge < -0.3 is 14.3 Å². The number of para-hydroxylation sites is 1. The zero-order valence-electron chi connectivity index (χ0n) is 9.72. The summed E-state index contributed by atoms with van der Waals surface area (Å²) in [5, 5.41) is 8.74. The van der Waals surface area contributed by atoms with E-state index in [0.29, 0.717) is 18.7 Å². The molecule has 0 aliphatic rings. The number of benzene rings is 1. The molecule has 0 fully saturated rings. The van der Waals surface area contributed by atoms with Crippen LogP contribution in [0.4, 0.5) is 0 Å². The van der Waals surface area contributed by atoms with Gasteiger partial charge in [-0.3, -0.25) is 0 Å². The van der Waals surface area contributed by atoms with E-state index in [9.17, 15) is 0 Å². The third-order valence-corrected chi connectivity index (χ3v) is 2.48. The SMILES string of the molecule is COc1ccccc1-c1coc(CCCO)n1. The van der Waals surface area contributed by atoms with Gasteiger partial charge in [0.25, 0.3) is 0 Å². The lowest BCUT2D eigenvalue weighted by Gasteiger charge is -2.04. The number of hydrogen-bond acceptors (Lipinski definition) is 4. The third kappa shape index (κ3) is 2.65. The summed E-state index contributed by atoms with van der Waals surface area (Å²) in [4.78, 5) is 4.37. The van der Waals surface area contributed by atoms with Crippen LogP contribution in [-0.4, -0.2) is 23.8 Å². The van der Waals surface area contributed by atoms with E-state index >= 15 is 0 Å². The molecule has 1 N–H and O–H groups in total. The van der Waals surface area contributed by atoms with Gasteiger partial charge in [0.2, 0.25) is 0 Å². The summed E-state index contributed by atoms with van der Waals surface area (Å²) in [5.74, 6) is 1.41. The average Bonchev–Trinajstić information content (AvgIpc) is 2.85. The Labute approximate surface area is 99.9 Å². The Hall–Kier alpha value is -1.81. The summed E-state index contributed by atoms with van der Waals surface area (Å²) in [6.45, 7) is 0.145. The molecular formula is C13H15NO3. The average molecular weight is 233 g/mol. The molecular weight excluding hydrogens is 218 g/mol. The molecule has 1 aromatic carbocycles. The van der Waals surface area contributed by atoms with Gasteiger partial charge in [-0.05, 0) is 18.6 Å². The highest BCUT2D eigenvalue weighted by Gasteiger charge is 2.10. The van der Waals surface area contributed by atoms with Gasteiger partial charge in [-0.25, -0.2) is 4.98 Å². The predicted molar refractivity (Wildman–Crippen MR) is 63.9 cm³/mol. The van der Waals surface area contributed by atoms with Crippen molar-refractivity contribution in [2.45, 2.75) is 12.8 Å². The topological polar surface area (TPSA) is 55.5 Å². The maximum absolute atomic E-state index is 8.74. The van der Waals surface area contributed by atoms with Crippen LogP contribution in [-0.2, 0) is 6.42 Å². The van der Waals surface area contributed by atoms with Crippen molar-refractivity contribution in [1.29, 1.82) is 0 Å². The summed E-state index contributed by atoms with van der Waals surface area (Å²) < 4.78 is 10.6. The molecule has 0 unspecified atom stereocenters. The minimum Gasteiger partial charge on any atom is -0.496 e. The zero-order valence-corrected chi connectivity index (χ0v) is 9.72. The van der Waals surface area contributed by atoms with E-state index in [0.717, 1.165) is 17.0 Å². The molecule has 4 nitrogen and oxygen atoms in total. The summed E-state index contributed by atoms with van der Waals surface area (Å²) in [6, 6.07) is 7.67. The quantitative estimate of drug-likeness (QED) is 0.860. The lowest BCUT2D eigenvalue weighted by atomic mass is 10.1. The first-order valence-corrected chi connectivity index (χ1v) is 5.54. The molecule has 4 heteroatoms. The van der Waals surface area contributed by atoms with Crippen LogP contribution < -0.4 is 4.74 Å². The van der Waals surface area contributed by atoms with Crippen molar-refractivity contribution >= 4 is 0 Å². The van der Waals surface area contributed by atoms with Gasteiger partial charge in [0.05, 0.1) is 7.11 Å². The van der Waals surface area contributed by atoms with Gasteiger partial charge >= 0.3 is 0 Å². The van der Waals surface area contributed by atoms with E-state index in [1.54, 1.807) is 13.4 Å². The van der Waals surface area contributed by atoms with Crippen molar-refractivity contribution in [3.63, 3.8) is 0 Å². The highest BCUT2D eigenvalue weighted by Crippen LogP contribution is 2.28. The molecule has 2 aromatic rings. The van der Waals surface area contributed by atoms with Crippen LogP contribution in [0.2, 0.25) is 0 Å². The highest BCUT2D eigenvalue weighted by atomic mass is 16.5. The number of rotatable bonds is 5. The number of aliphatic hydroxyl groups is 1. The van der Waals surface area contributed by atoms with Crippen LogP contribution in [0.15, 0.2) is 34.9 Å². The molecule has 0 saturated carbocycles. The van der Waals surface area contributed by atoms with Crippen molar-refractivity contribution in [1.82, 2.24) is 4.98 Å². The smallest absolute Gasteiger partial charge is 0.194 e. The summed E-state index contributed by atoms with van der Waals surface area (Å²) in [6.07, 6.45) is 2.92. The molecule has 0 spiro atoms. The molecule has 0 atom stereocenters. The number of nitrogens with zero attached hydrogens (tertiary/aromatic N) is 1. The number of ether oxygens (including phenoxy) is 1. The number of aliphatic hydroxyl groups excluding tert-OH is 1. The van der Waals surface area contributed by atoms with E-state index in [-0.39, 0.29) is 6.61 Å². The van der Waals surface area contributed by atoms with Crippen LogP contribution in [0.3, 0.4) is 0 Å². The second-order valence-corrected chi connectivity index (χ2v) is 3.65. The van der Waals surface area contributed by atoms with Crippen molar-refractivity contribution in [2.75, 3.05) is 13.7 Å². The molecule has 0 radical (unpaired) electrons. The summed E-state index contributed by atoms with van der Waals surface area (Å²) in [7, 11) is 1.63. The Morgan fingerprint density at radius 3 is 2.94 bits per heavy atom. The maximum Gasteiger partial charge on any atom is 0.194 e. The molecule has 90 valence electrons. The van der Waals surface area contributed by atoms with Crippen LogP contribution in [0.25, 0.3) is 11.3 Å². The number of aromatic nitrogens is 1. The van der Waals surface area contributed by atoms with E-state index in [4.69, 9.17) is 14.3 Å². The lowest BCUT2D eigenvalue weighted by molar-refractivity contribution is 0.283. The van der Waals surface area contributed by atoms with Crippen molar-refractivity contribution in [3.8, 4) is 17.0 Å². The second-order valence-electron chi connectivity index (χ2n) is 3.65. The Morgan fingerprint density at radius 1 is 1.35 bits per heavy atom. The summed E-state index contributed by atoms with van der Waals surface area (Å²) in [5.41, 5.74) is 1.67. The summed E-state index contributed by atoms with van der Waals surface area (Å²) >= 11 is 0. The van der Waals surface area contributed by atoms with Crippen LogP contribution in [0.5, 0.6) is 5.75 Å². The normalized spacial score (nSPS) is 10.5. The lowest BCUT2D eigenvalue weighted by Crippen LogP contribution is -1.90. The van der Waals surface area contributed by atoms with Gasteiger partial charge in [-0.1, -0.05) is 12.1 Å². The molecule has 17 heavy (non-hydrogen) atoms. The molecule has 0 bridgehead atoms. The van der Waals surface area contributed by atoms with E-state index in [1.807, 2.05) is 24.3 Å². The highest BCUT2D eigenvalue weighted by molar-refractivity contribution is 5.66. The first kappa shape index (κ1) is 11.7. The molecule has 0 amide bonds. The fourth-order valence-corrected chi connectivity index (χ4v) is 1.64. The fraction of sp³-hybridized carbons (Fsp3) is 0.308. The Bertz CT molecular complexity index is 479. The maximum atomic E-state index is 8.74. The minimum absolute atomic E-state index is 0.145. The molecule has 0 aliphatic carbocycles. The van der Waals surface area contributed by atoms with Gasteiger partial charge in [0.15, 0.2) is 5.89 Å². The molecule has 0 saturated heterocycles. The molecule has 2 rings (SSSR count). The third-order valence-electron chi connectivity index (χ3n) is 2.48. The van der Waals surface area contributed by atoms with Crippen LogP contribution in [0.1, 0.15) is 12.3 Å². The first-order valence-electron chi connectivity index (χ1n) is 5.54. The van der Waals surface area contributed by atoms with Gasteiger partial charge in [-0.2, -0.15) is 0 Å². The van der Waals surface area contributed by atoms with E-state index in [2.05, 4.69) is 4.98 Å². The van der Waals surface area contributed by atoms with Crippen molar-refractivity contribution in [3.05, 3.63) is 36.4 Å². The fourth-order valence-electron chi connectivity index (χ4n) is 1.64. The zero-order chi connectivity index (χ0) is 12.1. The van der Waals surface area contributed by atoms with E-state index in [1.165, 1.54) is 0 Å². The predicted octanol–water partition coefficient (Wildman–Crippen LogP) is 2.28. The molecule has 0 aliphatic heterocycles. The van der Waals surface area contributed by atoms with Gasteiger partial charge in [0.1, 0.15) is 17.7 Å².